The van der Waals surface area contributed by atoms with Gasteiger partial charge < -0.3 is 5.11 Å². The third-order valence-corrected chi connectivity index (χ3v) is 9.76. The molecule has 0 bridgehead atoms. The molecule has 5 rings (SSSR count). The monoisotopic (exact) mass is 383 g/mol. The van der Waals surface area contributed by atoms with Gasteiger partial charge in [0.15, 0.2) is 0 Å². The van der Waals surface area contributed by atoms with Crippen molar-refractivity contribution in [3.63, 3.8) is 0 Å². The van der Waals surface area contributed by atoms with Gasteiger partial charge in [-0.15, -0.1) is 0 Å². The average molecular weight is 384 g/mol. The number of allylic oxidation sites excluding steroid dienone is 2. The van der Waals surface area contributed by atoms with Crippen LogP contribution in [0.4, 0.5) is 4.39 Å². The number of aromatic nitrogens is 1. The number of rotatable bonds is 1. The Morgan fingerprint density at radius 1 is 1.04 bits per heavy atom. The average Bonchev–Trinajstić information content (AvgIpc) is 3.02. The molecule has 1 aromatic rings. The van der Waals surface area contributed by atoms with E-state index < -0.39 is 0 Å². The second-order valence-electron chi connectivity index (χ2n) is 10.7. The lowest BCUT2D eigenvalue weighted by molar-refractivity contribution is -0.138. The molecule has 2 nitrogen and oxygen atoms in total. The predicted molar refractivity (Wildman–Crippen MR) is 110 cm³/mol. The van der Waals surface area contributed by atoms with E-state index in [0.717, 1.165) is 30.2 Å². The van der Waals surface area contributed by atoms with Gasteiger partial charge in [0.05, 0.1) is 12.3 Å². The number of aliphatic hydroxyl groups is 1. The molecule has 3 saturated carbocycles. The smallest absolute Gasteiger partial charge is 0.142 e. The maximum absolute atomic E-state index is 13.8. The zero-order chi connectivity index (χ0) is 19.7. The van der Waals surface area contributed by atoms with Gasteiger partial charge in [-0.25, -0.2) is 4.39 Å². The Morgan fingerprint density at radius 2 is 1.86 bits per heavy atom. The summed E-state index contributed by atoms with van der Waals surface area (Å²) in [6.07, 6.45) is 13.7. The van der Waals surface area contributed by atoms with Crippen LogP contribution in [0.25, 0.3) is 5.57 Å². The van der Waals surface area contributed by atoms with Gasteiger partial charge in [-0.1, -0.05) is 26.8 Å². The van der Waals surface area contributed by atoms with Gasteiger partial charge in [0, 0.05) is 6.20 Å². The first-order valence-corrected chi connectivity index (χ1v) is 11.3. The van der Waals surface area contributed by atoms with E-state index in [9.17, 15) is 9.50 Å². The van der Waals surface area contributed by atoms with Crippen LogP contribution in [0.2, 0.25) is 0 Å². The Kier molecular flexibility index (Phi) is 4.29. The summed E-state index contributed by atoms with van der Waals surface area (Å²) in [6, 6.07) is 1.67. The highest BCUT2D eigenvalue weighted by molar-refractivity contribution is 5.72. The first kappa shape index (κ1) is 18.8. The number of hydrogen-bond donors (Lipinski definition) is 1. The van der Waals surface area contributed by atoms with Gasteiger partial charge in [0.1, 0.15) is 5.82 Å². The Balaban J connectivity index is 1.45. The fourth-order valence-electron chi connectivity index (χ4n) is 8.28. The van der Waals surface area contributed by atoms with E-state index in [1.54, 1.807) is 6.07 Å². The second kappa shape index (κ2) is 6.39. The molecule has 3 heteroatoms. The highest BCUT2D eigenvalue weighted by Gasteiger charge is 2.59. The van der Waals surface area contributed by atoms with Crippen molar-refractivity contribution in [1.82, 2.24) is 4.98 Å². The van der Waals surface area contributed by atoms with E-state index in [-0.39, 0.29) is 17.3 Å². The van der Waals surface area contributed by atoms with Crippen molar-refractivity contribution in [1.29, 1.82) is 0 Å². The molecule has 1 heterocycles. The van der Waals surface area contributed by atoms with E-state index in [4.69, 9.17) is 0 Å². The van der Waals surface area contributed by atoms with Crippen LogP contribution < -0.4 is 0 Å². The molecular weight excluding hydrogens is 349 g/mol. The molecule has 4 aliphatic carbocycles. The first-order valence-electron chi connectivity index (χ1n) is 11.3. The molecule has 0 aliphatic heterocycles. The number of nitrogens with zero attached hydrogens (tertiary/aromatic N) is 1. The molecule has 28 heavy (non-hydrogen) atoms. The molecule has 3 fully saturated rings. The molecule has 0 aromatic carbocycles. The van der Waals surface area contributed by atoms with Crippen molar-refractivity contribution in [2.75, 3.05) is 0 Å². The Morgan fingerprint density at radius 3 is 2.64 bits per heavy atom. The van der Waals surface area contributed by atoms with Crippen molar-refractivity contribution < 1.29 is 9.50 Å². The van der Waals surface area contributed by atoms with Gasteiger partial charge in [0.2, 0.25) is 0 Å². The SMILES string of the molecule is CC1C(O)CC[C@@]2(C)C1CC[C@@H]1[C@@H]2CC[C@]2(C)C(c3cncc(F)c3)=CC[C@@H]12. The molecule has 3 unspecified atom stereocenters. The fraction of sp³-hybridized carbons (Fsp3) is 0.720. The van der Waals surface area contributed by atoms with E-state index >= 15 is 0 Å². The number of fused-ring (bicyclic) bond motifs is 5. The zero-order valence-corrected chi connectivity index (χ0v) is 17.5. The number of pyridine rings is 1. The molecule has 0 saturated heterocycles. The summed E-state index contributed by atoms with van der Waals surface area (Å²) in [5.41, 5.74) is 2.85. The minimum Gasteiger partial charge on any atom is -0.393 e. The molecule has 8 atom stereocenters. The van der Waals surface area contributed by atoms with Crippen molar-refractivity contribution in [2.45, 2.75) is 71.8 Å². The largest absolute Gasteiger partial charge is 0.393 e. The minimum absolute atomic E-state index is 0.108. The molecular formula is C25H34FNO. The van der Waals surface area contributed by atoms with Gasteiger partial charge >= 0.3 is 0 Å². The lowest BCUT2D eigenvalue weighted by atomic mass is 9.43. The molecule has 0 amide bonds. The van der Waals surface area contributed by atoms with Crippen LogP contribution >= 0.6 is 0 Å². The molecule has 1 N–H and O–H groups in total. The lowest BCUT2D eigenvalue weighted by Gasteiger charge is -2.62. The lowest BCUT2D eigenvalue weighted by Crippen LogP contribution is -2.55. The van der Waals surface area contributed by atoms with Gasteiger partial charge in [-0.05, 0) is 103 Å². The summed E-state index contributed by atoms with van der Waals surface area (Å²) in [7, 11) is 0. The van der Waals surface area contributed by atoms with E-state index in [1.165, 1.54) is 43.9 Å². The van der Waals surface area contributed by atoms with Gasteiger partial charge in [-0.2, -0.15) is 0 Å². The van der Waals surface area contributed by atoms with Gasteiger partial charge in [-0.3, -0.25) is 4.98 Å². The topological polar surface area (TPSA) is 33.1 Å². The van der Waals surface area contributed by atoms with E-state index in [0.29, 0.717) is 23.2 Å². The molecule has 4 aliphatic rings. The van der Waals surface area contributed by atoms with Gasteiger partial charge in [0.25, 0.3) is 0 Å². The minimum atomic E-state index is -0.234. The number of hydrogen-bond acceptors (Lipinski definition) is 2. The number of halogens is 1. The van der Waals surface area contributed by atoms with Crippen molar-refractivity contribution in [3.8, 4) is 0 Å². The summed E-state index contributed by atoms with van der Waals surface area (Å²) >= 11 is 0. The van der Waals surface area contributed by atoms with E-state index in [1.807, 2.05) is 6.20 Å². The quantitative estimate of drug-likeness (QED) is 0.658. The summed E-state index contributed by atoms with van der Waals surface area (Å²) in [5.74, 6) is 3.08. The second-order valence-corrected chi connectivity index (χ2v) is 10.7. The molecule has 0 radical (unpaired) electrons. The van der Waals surface area contributed by atoms with Crippen molar-refractivity contribution in [3.05, 3.63) is 35.9 Å². The molecule has 1 aromatic heterocycles. The van der Waals surface area contributed by atoms with Crippen LogP contribution in [-0.2, 0) is 0 Å². The Bertz CT molecular complexity index is 805. The van der Waals surface area contributed by atoms with Crippen LogP contribution in [0, 0.1) is 46.2 Å². The summed E-state index contributed by atoms with van der Waals surface area (Å²) in [4.78, 5) is 4.12. The maximum atomic E-state index is 13.8. The first-order chi connectivity index (χ1) is 13.3. The highest BCUT2D eigenvalue weighted by Crippen LogP contribution is 2.68. The van der Waals surface area contributed by atoms with Crippen LogP contribution in [0.1, 0.15) is 71.3 Å². The zero-order valence-electron chi connectivity index (χ0n) is 17.5. The van der Waals surface area contributed by atoms with E-state index in [2.05, 4.69) is 31.8 Å². The van der Waals surface area contributed by atoms with Crippen LogP contribution in [0.3, 0.4) is 0 Å². The maximum Gasteiger partial charge on any atom is 0.142 e. The Hall–Kier alpha value is -1.22. The summed E-state index contributed by atoms with van der Waals surface area (Å²) in [5, 5.41) is 10.5. The highest BCUT2D eigenvalue weighted by atomic mass is 19.1. The van der Waals surface area contributed by atoms with Crippen LogP contribution in [0.5, 0.6) is 0 Å². The van der Waals surface area contributed by atoms with Crippen LogP contribution in [0.15, 0.2) is 24.5 Å². The molecule has 0 spiro atoms. The molecule has 152 valence electrons. The predicted octanol–water partition coefficient (Wildman–Crippen LogP) is 5.86. The Labute approximate surface area is 168 Å². The fourth-order valence-corrected chi connectivity index (χ4v) is 8.28. The third-order valence-electron chi connectivity index (χ3n) is 9.76. The van der Waals surface area contributed by atoms with Crippen molar-refractivity contribution in [2.24, 2.45) is 40.4 Å². The number of aliphatic hydroxyl groups excluding tert-OH is 1. The van der Waals surface area contributed by atoms with Crippen LogP contribution in [-0.4, -0.2) is 16.2 Å². The van der Waals surface area contributed by atoms with Crippen molar-refractivity contribution >= 4 is 5.57 Å². The normalized spacial score (nSPS) is 47.7. The third kappa shape index (κ3) is 2.51. The summed E-state index contributed by atoms with van der Waals surface area (Å²) < 4.78 is 13.8. The summed E-state index contributed by atoms with van der Waals surface area (Å²) in [6.45, 7) is 7.25. The standard InChI is InChI=1S/C25H34FNO/c1-15-19-5-4-18-21-7-6-20(16-12-17(26)14-27-13-16)25(21,3)10-8-22(18)24(19,2)11-9-23(15)28/h6,12-15,18-19,21-23,28H,4-5,7-11H2,1-3H3/t15?,18-,19?,21-,22-,23?,24-,25+/m0/s1.